The zero-order valence-electron chi connectivity index (χ0n) is 11.9. The van der Waals surface area contributed by atoms with E-state index < -0.39 is 10.0 Å². The number of benzene rings is 1. The zero-order chi connectivity index (χ0) is 15.5. The van der Waals surface area contributed by atoms with Gasteiger partial charge in [0.2, 0.25) is 5.09 Å². The van der Waals surface area contributed by atoms with Crippen molar-refractivity contribution < 1.29 is 17.6 Å². The average molecular weight is 310 g/mol. The molecule has 7 heteroatoms. The Hall–Kier alpha value is -1.83. The molecular weight excluding hydrogens is 292 g/mol. The van der Waals surface area contributed by atoms with Gasteiger partial charge in [0, 0.05) is 13.6 Å². The van der Waals surface area contributed by atoms with E-state index >= 15 is 0 Å². The van der Waals surface area contributed by atoms with Gasteiger partial charge in [0.1, 0.15) is 11.5 Å². The Bertz CT molecular complexity index is 692. The summed E-state index contributed by atoms with van der Waals surface area (Å²) < 4.78 is 36.2. The molecule has 0 amide bonds. The topological polar surface area (TPSA) is 85.8 Å². The fourth-order valence-electron chi connectivity index (χ4n) is 1.83. The Labute approximate surface area is 124 Å². The first-order valence-electron chi connectivity index (χ1n) is 6.35. The smallest absolute Gasteiger partial charge is 0.276 e. The molecule has 2 N–H and O–H groups in total. The van der Waals surface area contributed by atoms with E-state index in [0.717, 1.165) is 11.3 Å². The number of hydrogen-bond acceptors (Lipinski definition) is 5. The molecule has 0 atom stereocenters. The molecule has 1 aromatic carbocycles. The molecule has 6 nitrogen and oxygen atoms in total. The molecule has 0 spiro atoms. The molecule has 0 fully saturated rings. The van der Waals surface area contributed by atoms with E-state index in [0.29, 0.717) is 5.76 Å². The highest BCUT2D eigenvalue weighted by Gasteiger charge is 2.24. The van der Waals surface area contributed by atoms with Crippen molar-refractivity contribution in [2.75, 3.05) is 14.2 Å². The van der Waals surface area contributed by atoms with Crippen LogP contribution in [0.1, 0.15) is 11.3 Å². The SMILES string of the molecule is COc1ccc(CN(C)S(=O)(=O)c2ccc(CN)o2)cc1. The molecule has 0 radical (unpaired) electrons. The first-order valence-corrected chi connectivity index (χ1v) is 7.79. The lowest BCUT2D eigenvalue weighted by Gasteiger charge is -2.15. The Morgan fingerprint density at radius 3 is 2.38 bits per heavy atom. The average Bonchev–Trinajstić information content (AvgIpc) is 2.97. The van der Waals surface area contributed by atoms with E-state index in [1.165, 1.54) is 17.4 Å². The van der Waals surface area contributed by atoms with Crippen LogP contribution in [0, 0.1) is 0 Å². The van der Waals surface area contributed by atoms with Gasteiger partial charge < -0.3 is 14.9 Å². The maximum Gasteiger partial charge on any atom is 0.276 e. The maximum atomic E-state index is 12.4. The summed E-state index contributed by atoms with van der Waals surface area (Å²) in [6.07, 6.45) is 0. The summed E-state index contributed by atoms with van der Waals surface area (Å²) in [5.74, 6) is 1.16. The molecule has 0 bridgehead atoms. The first kappa shape index (κ1) is 15.6. The molecule has 0 aliphatic heterocycles. The summed E-state index contributed by atoms with van der Waals surface area (Å²) in [6.45, 7) is 0.405. The van der Waals surface area contributed by atoms with E-state index in [4.69, 9.17) is 14.9 Å². The molecular formula is C14H18N2O4S. The van der Waals surface area contributed by atoms with Crippen LogP contribution in [0.4, 0.5) is 0 Å². The summed E-state index contributed by atoms with van der Waals surface area (Å²) in [4.78, 5) is 0. The summed E-state index contributed by atoms with van der Waals surface area (Å²) in [6, 6.07) is 10.2. The first-order chi connectivity index (χ1) is 9.97. The van der Waals surface area contributed by atoms with Gasteiger partial charge in [-0.25, -0.2) is 8.42 Å². The summed E-state index contributed by atoms with van der Waals surface area (Å²) >= 11 is 0. The molecule has 0 aliphatic rings. The molecule has 0 saturated carbocycles. The van der Waals surface area contributed by atoms with Gasteiger partial charge in [-0.05, 0) is 29.8 Å². The van der Waals surface area contributed by atoms with Crippen LogP contribution >= 0.6 is 0 Å². The number of furan rings is 1. The van der Waals surface area contributed by atoms with E-state index in [1.807, 2.05) is 12.1 Å². The van der Waals surface area contributed by atoms with Crippen molar-refractivity contribution in [2.45, 2.75) is 18.2 Å². The van der Waals surface area contributed by atoms with Crippen LogP contribution < -0.4 is 10.5 Å². The molecule has 2 aromatic rings. The van der Waals surface area contributed by atoms with Crippen LogP contribution in [0.25, 0.3) is 0 Å². The van der Waals surface area contributed by atoms with Crippen molar-refractivity contribution in [2.24, 2.45) is 5.73 Å². The second-order valence-corrected chi connectivity index (χ2v) is 6.51. The second-order valence-electron chi connectivity index (χ2n) is 4.53. The van der Waals surface area contributed by atoms with Crippen LogP contribution in [0.3, 0.4) is 0 Å². The number of sulfonamides is 1. The lowest BCUT2D eigenvalue weighted by Crippen LogP contribution is -2.26. The third-order valence-corrected chi connectivity index (χ3v) is 4.74. The number of methoxy groups -OCH3 is 1. The van der Waals surface area contributed by atoms with E-state index in [2.05, 4.69) is 0 Å². The Morgan fingerprint density at radius 1 is 1.19 bits per heavy atom. The second kappa shape index (κ2) is 6.30. The lowest BCUT2D eigenvalue weighted by molar-refractivity contribution is 0.387. The van der Waals surface area contributed by atoms with E-state index in [9.17, 15) is 8.42 Å². The normalized spacial score (nSPS) is 11.8. The predicted molar refractivity (Wildman–Crippen MR) is 78.2 cm³/mol. The quantitative estimate of drug-likeness (QED) is 0.875. The number of nitrogens with zero attached hydrogens (tertiary/aromatic N) is 1. The highest BCUT2D eigenvalue weighted by molar-refractivity contribution is 7.88. The molecule has 114 valence electrons. The van der Waals surface area contributed by atoms with E-state index in [1.54, 1.807) is 25.3 Å². The summed E-state index contributed by atoms with van der Waals surface area (Å²) in [5, 5.41) is -0.0982. The van der Waals surface area contributed by atoms with Crippen molar-refractivity contribution in [3.63, 3.8) is 0 Å². The van der Waals surface area contributed by atoms with Gasteiger partial charge in [-0.1, -0.05) is 12.1 Å². The van der Waals surface area contributed by atoms with Crippen molar-refractivity contribution in [3.05, 3.63) is 47.7 Å². The molecule has 21 heavy (non-hydrogen) atoms. The highest BCUT2D eigenvalue weighted by atomic mass is 32.2. The summed E-state index contributed by atoms with van der Waals surface area (Å²) in [5.41, 5.74) is 6.27. The van der Waals surface area contributed by atoms with Crippen LogP contribution in [0.2, 0.25) is 0 Å². The summed E-state index contributed by atoms with van der Waals surface area (Å²) in [7, 11) is -0.577. The largest absolute Gasteiger partial charge is 0.497 e. The van der Waals surface area contributed by atoms with E-state index in [-0.39, 0.29) is 18.2 Å². The zero-order valence-corrected chi connectivity index (χ0v) is 12.8. The Kier molecular flexibility index (Phi) is 4.66. The van der Waals surface area contributed by atoms with Crippen molar-refractivity contribution in [1.82, 2.24) is 4.31 Å². The van der Waals surface area contributed by atoms with Crippen LogP contribution in [-0.2, 0) is 23.1 Å². The number of rotatable bonds is 6. The molecule has 0 saturated heterocycles. The number of nitrogens with two attached hydrogens (primary N) is 1. The van der Waals surface area contributed by atoms with Gasteiger partial charge in [0.25, 0.3) is 10.0 Å². The minimum absolute atomic E-state index is 0.0982. The van der Waals surface area contributed by atoms with Gasteiger partial charge in [0.05, 0.1) is 13.7 Å². The monoisotopic (exact) mass is 310 g/mol. The third-order valence-electron chi connectivity index (χ3n) is 3.07. The van der Waals surface area contributed by atoms with Crippen molar-refractivity contribution >= 4 is 10.0 Å². The molecule has 0 aliphatic carbocycles. The minimum atomic E-state index is -3.66. The van der Waals surface area contributed by atoms with Gasteiger partial charge in [0.15, 0.2) is 0 Å². The third kappa shape index (κ3) is 3.44. The molecule has 1 heterocycles. The van der Waals surface area contributed by atoms with Gasteiger partial charge in [-0.15, -0.1) is 0 Å². The fourth-order valence-corrected chi connectivity index (χ4v) is 2.91. The van der Waals surface area contributed by atoms with Crippen LogP contribution in [0.5, 0.6) is 5.75 Å². The minimum Gasteiger partial charge on any atom is -0.497 e. The number of hydrogen-bond donors (Lipinski definition) is 1. The van der Waals surface area contributed by atoms with Gasteiger partial charge >= 0.3 is 0 Å². The number of ether oxygens (including phenoxy) is 1. The van der Waals surface area contributed by atoms with Crippen LogP contribution in [0.15, 0.2) is 45.9 Å². The van der Waals surface area contributed by atoms with Gasteiger partial charge in [-0.2, -0.15) is 4.31 Å². The Balaban J connectivity index is 2.15. The highest BCUT2D eigenvalue weighted by Crippen LogP contribution is 2.20. The standard InChI is InChI=1S/C14H18N2O4S/c1-16(10-11-3-5-12(19-2)6-4-11)21(17,18)14-8-7-13(9-15)20-14/h3-8H,9-10,15H2,1-2H3. The van der Waals surface area contributed by atoms with Crippen molar-refractivity contribution in [1.29, 1.82) is 0 Å². The predicted octanol–water partition coefficient (Wildman–Crippen LogP) is 1.57. The lowest BCUT2D eigenvalue weighted by atomic mass is 10.2. The van der Waals surface area contributed by atoms with Crippen molar-refractivity contribution in [3.8, 4) is 5.75 Å². The molecule has 1 aromatic heterocycles. The molecule has 0 unspecified atom stereocenters. The maximum absolute atomic E-state index is 12.4. The fraction of sp³-hybridized carbons (Fsp3) is 0.286. The Morgan fingerprint density at radius 2 is 1.86 bits per heavy atom. The molecule has 2 rings (SSSR count). The van der Waals surface area contributed by atoms with Gasteiger partial charge in [-0.3, -0.25) is 0 Å². The van der Waals surface area contributed by atoms with Crippen LogP contribution in [-0.4, -0.2) is 26.9 Å².